The first-order chi connectivity index (χ1) is 17.6. The van der Waals surface area contributed by atoms with Gasteiger partial charge in [-0.2, -0.15) is 0 Å². The van der Waals surface area contributed by atoms with E-state index in [1.165, 1.54) is 19.3 Å². The first kappa shape index (κ1) is 26.4. The average Bonchev–Trinajstić information content (AvgIpc) is 3.21. The molecule has 2 heterocycles. The molecule has 3 aliphatic rings. The third kappa shape index (κ3) is 6.37. The monoisotopic (exact) mass is 500 g/mol. The second-order valence-electron chi connectivity index (χ2n) is 9.97. The van der Waals surface area contributed by atoms with Gasteiger partial charge in [0.1, 0.15) is 11.8 Å². The molecule has 2 aliphatic heterocycles. The van der Waals surface area contributed by atoms with Gasteiger partial charge in [-0.1, -0.05) is 38.2 Å². The van der Waals surface area contributed by atoms with Crippen LogP contribution in [0.15, 0.2) is 23.2 Å². The molecule has 9 nitrogen and oxygen atoms in total. The number of aliphatic imine (C=N–C) groups is 1. The van der Waals surface area contributed by atoms with Crippen LogP contribution in [-0.2, 0) is 16.1 Å². The van der Waals surface area contributed by atoms with Crippen LogP contribution in [0, 0.1) is 0 Å². The molecule has 2 fully saturated rings. The van der Waals surface area contributed by atoms with Crippen LogP contribution in [0.4, 0.5) is 5.69 Å². The molecule has 36 heavy (non-hydrogen) atoms. The van der Waals surface area contributed by atoms with Crippen molar-refractivity contribution in [1.82, 2.24) is 15.1 Å². The van der Waals surface area contributed by atoms with E-state index in [0.717, 1.165) is 56.3 Å². The van der Waals surface area contributed by atoms with Crippen LogP contribution >= 0.6 is 0 Å². The fourth-order valence-electron chi connectivity index (χ4n) is 5.45. The molecule has 0 aromatic heterocycles. The van der Waals surface area contributed by atoms with Crippen molar-refractivity contribution < 1.29 is 24.5 Å². The number of carbonyl (C=O) groups is 2. The Hall–Kier alpha value is -2.65. The van der Waals surface area contributed by atoms with Gasteiger partial charge in [0.25, 0.3) is 5.91 Å². The highest BCUT2D eigenvalue weighted by Gasteiger charge is 2.39. The predicted octanol–water partition coefficient (Wildman–Crippen LogP) is 2.85. The number of nitrogens with zero attached hydrogens (tertiary/aromatic N) is 3. The zero-order chi connectivity index (χ0) is 25.3. The van der Waals surface area contributed by atoms with E-state index in [4.69, 9.17) is 9.84 Å². The zero-order valence-electron chi connectivity index (χ0n) is 21.2. The van der Waals surface area contributed by atoms with Gasteiger partial charge in [0.2, 0.25) is 11.9 Å². The highest BCUT2D eigenvalue weighted by atomic mass is 16.5. The first-order valence-corrected chi connectivity index (χ1v) is 13.5. The number of hydrogen-bond donors (Lipinski definition) is 3. The van der Waals surface area contributed by atoms with Gasteiger partial charge in [-0.25, -0.2) is 4.99 Å². The molecule has 1 aliphatic carbocycles. The third-order valence-electron chi connectivity index (χ3n) is 7.46. The maximum Gasteiger partial charge on any atom is 0.251 e. The molecular formula is C27H40N4O5. The average molecular weight is 501 g/mol. The smallest absolute Gasteiger partial charge is 0.251 e. The minimum atomic E-state index is -0.642. The molecule has 1 aromatic carbocycles. The molecule has 3 N–H and O–H groups in total. The topological polar surface area (TPSA) is 115 Å². The normalized spacial score (nSPS) is 19.4. The Morgan fingerprint density at radius 1 is 1.11 bits per heavy atom. The Kier molecular flexibility index (Phi) is 9.58. The van der Waals surface area contributed by atoms with Crippen LogP contribution in [-0.4, -0.2) is 76.2 Å². The van der Waals surface area contributed by atoms with Gasteiger partial charge in [-0.15, -0.1) is 0 Å². The number of nitrogens with one attached hydrogen (secondary N) is 1. The van der Waals surface area contributed by atoms with Gasteiger partial charge in [-0.3, -0.25) is 14.9 Å². The number of guanidine groups is 1. The van der Waals surface area contributed by atoms with Crippen LogP contribution in [0.25, 0.3) is 0 Å². The number of unbranched alkanes of at least 4 members (excludes halogenated alkanes) is 3. The second kappa shape index (κ2) is 13.1. The summed E-state index contributed by atoms with van der Waals surface area (Å²) < 4.78 is 6.09. The number of amides is 2. The molecule has 1 unspecified atom stereocenters. The van der Waals surface area contributed by atoms with Crippen LogP contribution in [0.1, 0.15) is 76.2 Å². The Morgan fingerprint density at radius 2 is 1.92 bits per heavy atom. The summed E-state index contributed by atoms with van der Waals surface area (Å²) in [5.41, 5.74) is 1.63. The maximum absolute atomic E-state index is 13.2. The Bertz CT molecular complexity index is 931. The van der Waals surface area contributed by atoms with Gasteiger partial charge in [0, 0.05) is 31.2 Å². The molecule has 0 radical (unpaired) electrons. The number of benzene rings is 1. The molecule has 4 rings (SSSR count). The molecule has 1 aromatic rings. The minimum absolute atomic E-state index is 0.212. The van der Waals surface area contributed by atoms with Crippen molar-refractivity contribution in [3.8, 4) is 5.75 Å². The summed E-state index contributed by atoms with van der Waals surface area (Å²) in [6, 6.07) is 5.37. The molecule has 0 bridgehead atoms. The SMILES string of the molecule is O=C1NC2=Nc3cccc(OCCCC(=O)N(CCCCCCO)C4CCCCC4)c3CN2C1CO. The lowest BCUT2D eigenvalue weighted by atomic mass is 9.93. The standard InChI is InChI=1S/C27H40N4O5/c32-16-7-2-1-6-15-30(20-10-4-3-5-11-20)25(34)14-9-17-36-24-13-8-12-22-21(24)18-31-23(19-33)26(35)29-27(31)28-22/h8,12-13,20,23,32-33H,1-7,9-11,14-19H2,(H,28,29,35). The summed E-state index contributed by atoms with van der Waals surface area (Å²) in [6.07, 6.45) is 10.8. The number of carbonyl (C=O) groups excluding carboxylic acids is 2. The molecule has 1 atom stereocenters. The number of rotatable bonds is 13. The lowest BCUT2D eigenvalue weighted by Crippen LogP contribution is -2.42. The van der Waals surface area contributed by atoms with Crippen molar-refractivity contribution in [2.24, 2.45) is 4.99 Å². The summed E-state index contributed by atoms with van der Waals surface area (Å²) >= 11 is 0. The predicted molar refractivity (Wildman–Crippen MR) is 137 cm³/mol. The van der Waals surface area contributed by atoms with Gasteiger partial charge < -0.3 is 24.7 Å². The molecule has 0 spiro atoms. The van der Waals surface area contributed by atoms with Crippen molar-refractivity contribution in [3.05, 3.63) is 23.8 Å². The Morgan fingerprint density at radius 3 is 2.69 bits per heavy atom. The number of ether oxygens (including phenoxy) is 1. The minimum Gasteiger partial charge on any atom is -0.493 e. The largest absolute Gasteiger partial charge is 0.493 e. The van der Waals surface area contributed by atoms with Gasteiger partial charge in [0.05, 0.1) is 25.4 Å². The van der Waals surface area contributed by atoms with Gasteiger partial charge in [-0.05, 0) is 44.2 Å². The van der Waals surface area contributed by atoms with Crippen molar-refractivity contribution in [2.45, 2.75) is 89.3 Å². The number of hydrogen-bond acceptors (Lipinski definition) is 7. The fourth-order valence-corrected chi connectivity index (χ4v) is 5.45. The van der Waals surface area contributed by atoms with Crippen LogP contribution in [0.3, 0.4) is 0 Å². The lowest BCUT2D eigenvalue weighted by Gasteiger charge is -2.34. The molecule has 1 saturated carbocycles. The molecule has 1 saturated heterocycles. The van der Waals surface area contributed by atoms with Crippen molar-refractivity contribution in [2.75, 3.05) is 26.4 Å². The summed E-state index contributed by atoms with van der Waals surface area (Å²) in [4.78, 5) is 33.7. The van der Waals surface area contributed by atoms with E-state index in [1.807, 2.05) is 18.2 Å². The third-order valence-corrected chi connectivity index (χ3v) is 7.46. The highest BCUT2D eigenvalue weighted by Crippen LogP contribution is 2.35. The summed E-state index contributed by atoms with van der Waals surface area (Å²) in [5.74, 6) is 1.13. The van der Waals surface area contributed by atoms with E-state index >= 15 is 0 Å². The van der Waals surface area contributed by atoms with Crippen molar-refractivity contribution >= 4 is 23.5 Å². The molecule has 2 amide bonds. The first-order valence-electron chi connectivity index (χ1n) is 13.5. The number of aliphatic hydroxyl groups excluding tert-OH is 2. The zero-order valence-corrected chi connectivity index (χ0v) is 21.2. The van der Waals surface area contributed by atoms with Crippen LogP contribution in [0.2, 0.25) is 0 Å². The summed E-state index contributed by atoms with van der Waals surface area (Å²) in [5, 5.41) is 21.3. The highest BCUT2D eigenvalue weighted by molar-refractivity contribution is 6.07. The van der Waals surface area contributed by atoms with Crippen molar-refractivity contribution in [1.29, 1.82) is 0 Å². The second-order valence-corrected chi connectivity index (χ2v) is 9.97. The quantitative estimate of drug-likeness (QED) is 0.359. The van der Waals surface area contributed by atoms with E-state index in [0.29, 0.717) is 43.7 Å². The van der Waals surface area contributed by atoms with Crippen molar-refractivity contribution in [3.63, 3.8) is 0 Å². The lowest BCUT2D eigenvalue weighted by molar-refractivity contribution is -0.134. The van der Waals surface area contributed by atoms with E-state index in [2.05, 4.69) is 15.2 Å². The molecular weight excluding hydrogens is 460 g/mol. The van der Waals surface area contributed by atoms with Crippen LogP contribution < -0.4 is 10.1 Å². The Balaban J connectivity index is 1.30. The van der Waals surface area contributed by atoms with E-state index < -0.39 is 6.04 Å². The van der Waals surface area contributed by atoms with E-state index in [-0.39, 0.29) is 25.0 Å². The van der Waals surface area contributed by atoms with Crippen LogP contribution in [0.5, 0.6) is 5.75 Å². The maximum atomic E-state index is 13.2. The van der Waals surface area contributed by atoms with Gasteiger partial charge >= 0.3 is 0 Å². The molecule has 9 heteroatoms. The molecule has 198 valence electrons. The van der Waals surface area contributed by atoms with Gasteiger partial charge in [0.15, 0.2) is 0 Å². The number of aliphatic hydroxyl groups is 2. The van der Waals surface area contributed by atoms with E-state index in [1.54, 1.807) is 4.90 Å². The summed E-state index contributed by atoms with van der Waals surface area (Å²) in [6.45, 7) is 1.62. The summed E-state index contributed by atoms with van der Waals surface area (Å²) in [7, 11) is 0. The number of fused-ring (bicyclic) bond motifs is 2. The fraction of sp³-hybridized carbons (Fsp3) is 0.667. The van der Waals surface area contributed by atoms with E-state index in [9.17, 15) is 14.7 Å². The Labute approximate surface area is 213 Å².